The zero-order valence-corrected chi connectivity index (χ0v) is 13.3. The van der Waals surface area contributed by atoms with Crippen LogP contribution >= 0.6 is 0 Å². The van der Waals surface area contributed by atoms with Crippen LogP contribution in [0.4, 0.5) is 5.69 Å². The minimum absolute atomic E-state index is 0.117. The number of hydrogen-bond acceptors (Lipinski definition) is 2. The van der Waals surface area contributed by atoms with E-state index in [9.17, 15) is 5.11 Å². The lowest BCUT2D eigenvalue weighted by Gasteiger charge is -2.38. The van der Waals surface area contributed by atoms with Gasteiger partial charge in [-0.25, -0.2) is 0 Å². The topological polar surface area (TPSA) is 37.2 Å². The highest BCUT2D eigenvalue weighted by molar-refractivity contribution is 5.84. The first-order valence-electron chi connectivity index (χ1n) is 7.63. The molecule has 0 bridgehead atoms. The third-order valence-corrected chi connectivity index (χ3v) is 4.80. The van der Waals surface area contributed by atoms with E-state index in [0.717, 1.165) is 12.8 Å². The predicted molar refractivity (Wildman–Crippen MR) is 87.6 cm³/mol. The molecule has 1 aliphatic rings. The van der Waals surface area contributed by atoms with E-state index in [1.54, 1.807) is 0 Å². The first kappa shape index (κ1) is 14.2. The number of hydrogen-bond donors (Lipinski definition) is 2. The van der Waals surface area contributed by atoms with Crippen LogP contribution < -0.4 is 5.32 Å². The van der Waals surface area contributed by atoms with Gasteiger partial charge in [0.2, 0.25) is 0 Å². The molecule has 0 amide bonds. The van der Waals surface area contributed by atoms with Crippen molar-refractivity contribution >= 4 is 5.69 Å². The van der Waals surface area contributed by atoms with Crippen LogP contribution in [0.15, 0.2) is 24.4 Å². The molecule has 3 nitrogen and oxygen atoms in total. The summed E-state index contributed by atoms with van der Waals surface area (Å²) in [6.07, 6.45) is 3.86. The van der Waals surface area contributed by atoms with E-state index in [0.29, 0.717) is 0 Å². The second kappa shape index (κ2) is 4.92. The Morgan fingerprint density at radius 1 is 1.24 bits per heavy atom. The fraction of sp³-hybridized carbons (Fsp3) is 0.444. The van der Waals surface area contributed by atoms with E-state index in [1.807, 2.05) is 0 Å². The number of aliphatic hydroxyl groups excluding tert-OH is 1. The largest absolute Gasteiger partial charge is 0.396 e. The van der Waals surface area contributed by atoms with Gasteiger partial charge in [0.05, 0.1) is 11.2 Å². The Kier molecular flexibility index (Phi) is 3.33. The molecule has 1 aliphatic heterocycles. The van der Waals surface area contributed by atoms with E-state index in [1.165, 1.54) is 33.6 Å². The first-order valence-corrected chi connectivity index (χ1v) is 7.63. The molecule has 0 aliphatic carbocycles. The SMILES string of the molecule is Cc1cc2c(cc1C)-c1c(ccn1C)[C@@](C)(CCCO)N2. The number of aryl methyl sites for hydroxylation is 3. The summed E-state index contributed by atoms with van der Waals surface area (Å²) in [5.41, 5.74) is 7.62. The molecule has 0 spiro atoms. The summed E-state index contributed by atoms with van der Waals surface area (Å²) < 4.78 is 2.21. The van der Waals surface area contributed by atoms with Gasteiger partial charge in [-0.15, -0.1) is 0 Å². The highest BCUT2D eigenvalue weighted by atomic mass is 16.2. The Labute approximate surface area is 126 Å². The van der Waals surface area contributed by atoms with Crippen LogP contribution in [0.5, 0.6) is 0 Å². The molecule has 0 radical (unpaired) electrons. The molecule has 0 fully saturated rings. The lowest BCUT2D eigenvalue weighted by molar-refractivity contribution is 0.270. The molecule has 2 N–H and O–H groups in total. The molecular formula is C18H24N2O. The van der Waals surface area contributed by atoms with Crippen molar-refractivity contribution in [2.45, 2.75) is 39.2 Å². The van der Waals surface area contributed by atoms with E-state index < -0.39 is 0 Å². The minimum Gasteiger partial charge on any atom is -0.396 e. The Morgan fingerprint density at radius 3 is 2.67 bits per heavy atom. The lowest BCUT2D eigenvalue weighted by Crippen LogP contribution is -2.35. The standard InChI is InChI=1S/C18H24N2O/c1-12-10-14-16(11-13(12)2)19-18(3,7-5-9-21)15-6-8-20(4)17(14)15/h6,8,10-11,19,21H,5,7,9H2,1-4H3/t18-/m1/s1. The molecule has 112 valence electrons. The molecule has 2 aromatic rings. The number of anilines is 1. The van der Waals surface area contributed by atoms with Crippen molar-refractivity contribution < 1.29 is 5.11 Å². The van der Waals surface area contributed by atoms with Crippen LogP contribution in [-0.4, -0.2) is 16.3 Å². The van der Waals surface area contributed by atoms with Gasteiger partial charge in [-0.05, 0) is 62.9 Å². The normalized spacial score (nSPS) is 19.9. The Hall–Kier alpha value is -1.74. The molecule has 0 saturated heterocycles. The number of nitrogens with zero attached hydrogens (tertiary/aromatic N) is 1. The average Bonchev–Trinajstić information content (AvgIpc) is 2.83. The second-order valence-electron chi connectivity index (χ2n) is 6.46. The van der Waals surface area contributed by atoms with Crippen molar-refractivity contribution in [3.63, 3.8) is 0 Å². The highest BCUT2D eigenvalue weighted by Crippen LogP contribution is 2.46. The third kappa shape index (κ3) is 2.16. The molecule has 21 heavy (non-hydrogen) atoms. The van der Waals surface area contributed by atoms with Crippen LogP contribution in [0, 0.1) is 13.8 Å². The maximum absolute atomic E-state index is 9.21. The molecule has 1 atom stereocenters. The summed E-state index contributed by atoms with van der Waals surface area (Å²) in [6.45, 7) is 6.79. The summed E-state index contributed by atoms with van der Waals surface area (Å²) in [5, 5.41) is 12.9. The van der Waals surface area contributed by atoms with Gasteiger partial charge < -0.3 is 15.0 Å². The number of benzene rings is 1. The fourth-order valence-electron chi connectivity index (χ4n) is 3.42. The summed E-state index contributed by atoms with van der Waals surface area (Å²) in [7, 11) is 2.11. The van der Waals surface area contributed by atoms with Crippen LogP contribution in [0.2, 0.25) is 0 Å². The van der Waals surface area contributed by atoms with Crippen LogP contribution in [0.3, 0.4) is 0 Å². The quantitative estimate of drug-likeness (QED) is 0.901. The molecular weight excluding hydrogens is 260 g/mol. The smallest absolute Gasteiger partial charge is 0.0619 e. The van der Waals surface area contributed by atoms with Crippen molar-refractivity contribution in [3.05, 3.63) is 41.1 Å². The number of aliphatic hydroxyl groups is 1. The highest BCUT2D eigenvalue weighted by Gasteiger charge is 2.35. The summed E-state index contributed by atoms with van der Waals surface area (Å²) in [6, 6.07) is 6.73. The van der Waals surface area contributed by atoms with Crippen molar-refractivity contribution in [1.82, 2.24) is 4.57 Å². The predicted octanol–water partition coefficient (Wildman–Crippen LogP) is 3.72. The van der Waals surface area contributed by atoms with Crippen molar-refractivity contribution in [3.8, 4) is 11.3 Å². The van der Waals surface area contributed by atoms with E-state index in [4.69, 9.17) is 0 Å². The van der Waals surface area contributed by atoms with Crippen LogP contribution in [0.25, 0.3) is 11.3 Å². The monoisotopic (exact) mass is 284 g/mol. The maximum atomic E-state index is 9.21. The Bertz CT molecular complexity index is 687. The number of aromatic nitrogens is 1. The van der Waals surface area contributed by atoms with E-state index in [2.05, 4.69) is 62.1 Å². The van der Waals surface area contributed by atoms with Crippen LogP contribution in [-0.2, 0) is 12.6 Å². The number of fused-ring (bicyclic) bond motifs is 3. The summed E-state index contributed by atoms with van der Waals surface area (Å²) >= 11 is 0. The fourth-order valence-corrected chi connectivity index (χ4v) is 3.42. The molecule has 2 heterocycles. The third-order valence-electron chi connectivity index (χ3n) is 4.80. The lowest BCUT2D eigenvalue weighted by atomic mass is 9.81. The van der Waals surface area contributed by atoms with Gasteiger partial charge in [0.1, 0.15) is 0 Å². The summed E-state index contributed by atoms with van der Waals surface area (Å²) in [5.74, 6) is 0. The molecule has 3 rings (SSSR count). The van der Waals surface area contributed by atoms with Gasteiger partial charge in [-0.3, -0.25) is 0 Å². The van der Waals surface area contributed by atoms with E-state index >= 15 is 0 Å². The van der Waals surface area contributed by atoms with Crippen molar-refractivity contribution in [2.75, 3.05) is 11.9 Å². The van der Waals surface area contributed by atoms with Gasteiger partial charge >= 0.3 is 0 Å². The molecule has 3 heteroatoms. The molecule has 1 aromatic heterocycles. The van der Waals surface area contributed by atoms with Gasteiger partial charge in [0.15, 0.2) is 0 Å². The van der Waals surface area contributed by atoms with Gasteiger partial charge in [-0.2, -0.15) is 0 Å². The Balaban J connectivity index is 2.19. The second-order valence-corrected chi connectivity index (χ2v) is 6.46. The maximum Gasteiger partial charge on any atom is 0.0619 e. The minimum atomic E-state index is -0.117. The van der Waals surface area contributed by atoms with Crippen molar-refractivity contribution in [2.24, 2.45) is 7.05 Å². The first-order chi connectivity index (χ1) is 9.96. The van der Waals surface area contributed by atoms with Gasteiger partial charge in [0.25, 0.3) is 0 Å². The zero-order valence-electron chi connectivity index (χ0n) is 13.3. The number of rotatable bonds is 3. The van der Waals surface area contributed by atoms with E-state index in [-0.39, 0.29) is 12.1 Å². The van der Waals surface area contributed by atoms with Gasteiger partial charge in [-0.1, -0.05) is 0 Å². The number of nitrogens with one attached hydrogen (secondary N) is 1. The van der Waals surface area contributed by atoms with Crippen LogP contribution in [0.1, 0.15) is 36.5 Å². The van der Waals surface area contributed by atoms with Gasteiger partial charge in [0, 0.05) is 36.7 Å². The Morgan fingerprint density at radius 2 is 1.95 bits per heavy atom. The molecule has 1 aromatic carbocycles. The zero-order chi connectivity index (χ0) is 15.2. The molecule has 0 saturated carbocycles. The molecule has 0 unspecified atom stereocenters. The average molecular weight is 284 g/mol. The van der Waals surface area contributed by atoms with Crippen molar-refractivity contribution in [1.29, 1.82) is 0 Å². The summed E-state index contributed by atoms with van der Waals surface area (Å²) in [4.78, 5) is 0.